The van der Waals surface area contributed by atoms with Gasteiger partial charge in [0.05, 0.1) is 19.1 Å². The average molecular weight is 396 g/mol. The van der Waals surface area contributed by atoms with Crippen molar-refractivity contribution >= 4 is 11.8 Å². The fourth-order valence-electron chi connectivity index (χ4n) is 3.54. The summed E-state index contributed by atoms with van der Waals surface area (Å²) in [5.74, 6) is 1.30. The molecule has 6 heteroatoms. The summed E-state index contributed by atoms with van der Waals surface area (Å²) in [7, 11) is 0. The van der Waals surface area contributed by atoms with Crippen LogP contribution in [0.15, 0.2) is 42.5 Å². The summed E-state index contributed by atoms with van der Waals surface area (Å²) in [5.41, 5.74) is 2.91. The first-order valence-electron chi connectivity index (χ1n) is 10.00. The summed E-state index contributed by atoms with van der Waals surface area (Å²) in [4.78, 5) is 24.2. The van der Waals surface area contributed by atoms with Crippen LogP contribution in [0.25, 0.3) is 0 Å². The Hall–Kier alpha value is -3.02. The van der Waals surface area contributed by atoms with Gasteiger partial charge in [-0.15, -0.1) is 0 Å². The summed E-state index contributed by atoms with van der Waals surface area (Å²) in [6, 6.07) is 13.1. The van der Waals surface area contributed by atoms with E-state index in [-0.39, 0.29) is 30.4 Å². The van der Waals surface area contributed by atoms with Gasteiger partial charge in [0.2, 0.25) is 11.8 Å². The topological polar surface area (TPSA) is 76.7 Å². The van der Waals surface area contributed by atoms with Crippen molar-refractivity contribution in [3.63, 3.8) is 0 Å². The molecule has 2 N–H and O–H groups in total. The Morgan fingerprint density at radius 1 is 1.24 bits per heavy atom. The highest BCUT2D eigenvalue weighted by Gasteiger charge is 2.22. The highest BCUT2D eigenvalue weighted by Crippen LogP contribution is 2.35. The van der Waals surface area contributed by atoms with Gasteiger partial charge in [-0.25, -0.2) is 0 Å². The summed E-state index contributed by atoms with van der Waals surface area (Å²) < 4.78 is 11.6. The molecule has 2 amide bonds. The smallest absolute Gasteiger partial charge is 0.222 e. The van der Waals surface area contributed by atoms with Gasteiger partial charge in [-0.05, 0) is 31.5 Å². The minimum absolute atomic E-state index is 0.147. The third-order valence-corrected chi connectivity index (χ3v) is 4.82. The third-order valence-electron chi connectivity index (χ3n) is 4.82. The standard InChI is InChI=1S/C23H28N2O4/c1-4-28-21-11-18-10-15(2)29-22(18)12-19(21)14-24-23(27)13-20(25-16(3)26)17-8-6-5-7-9-17/h5-9,11-12,15,20H,4,10,13-14H2,1-3H3,(H,24,27)(H,25,26)/t15-,20-/m0/s1. The van der Waals surface area contributed by atoms with Crippen molar-refractivity contribution in [3.05, 3.63) is 59.2 Å². The Morgan fingerprint density at radius 3 is 2.69 bits per heavy atom. The first-order chi connectivity index (χ1) is 14.0. The first kappa shape index (κ1) is 20.7. The molecule has 1 aliphatic rings. The van der Waals surface area contributed by atoms with Crippen LogP contribution in [-0.2, 0) is 22.6 Å². The summed E-state index contributed by atoms with van der Waals surface area (Å²) in [5, 5.41) is 5.80. The maximum absolute atomic E-state index is 12.6. The minimum atomic E-state index is -0.371. The van der Waals surface area contributed by atoms with E-state index in [4.69, 9.17) is 9.47 Å². The molecule has 3 rings (SSSR count). The van der Waals surface area contributed by atoms with E-state index in [1.165, 1.54) is 6.92 Å². The molecule has 0 saturated carbocycles. The van der Waals surface area contributed by atoms with Crippen LogP contribution in [-0.4, -0.2) is 24.5 Å². The molecule has 29 heavy (non-hydrogen) atoms. The molecule has 2 aromatic carbocycles. The fourth-order valence-corrected chi connectivity index (χ4v) is 3.54. The zero-order valence-electron chi connectivity index (χ0n) is 17.2. The van der Waals surface area contributed by atoms with Crippen molar-refractivity contribution in [2.75, 3.05) is 6.61 Å². The molecule has 2 atom stereocenters. The fraction of sp³-hybridized carbons (Fsp3) is 0.391. The van der Waals surface area contributed by atoms with E-state index in [1.807, 2.05) is 56.3 Å². The van der Waals surface area contributed by atoms with Crippen LogP contribution >= 0.6 is 0 Å². The molecule has 0 fully saturated rings. The molecule has 154 valence electrons. The minimum Gasteiger partial charge on any atom is -0.494 e. The van der Waals surface area contributed by atoms with Gasteiger partial charge in [0.15, 0.2) is 0 Å². The van der Waals surface area contributed by atoms with E-state index in [9.17, 15) is 9.59 Å². The molecule has 6 nitrogen and oxygen atoms in total. The second-order valence-electron chi connectivity index (χ2n) is 7.28. The van der Waals surface area contributed by atoms with Crippen LogP contribution in [0.4, 0.5) is 0 Å². The lowest BCUT2D eigenvalue weighted by atomic mass is 10.0. The molecule has 0 unspecified atom stereocenters. The zero-order chi connectivity index (χ0) is 20.8. The molecule has 0 spiro atoms. The lowest BCUT2D eigenvalue weighted by Crippen LogP contribution is -2.32. The molecule has 0 radical (unpaired) electrons. The predicted molar refractivity (Wildman–Crippen MR) is 111 cm³/mol. The summed E-state index contributed by atoms with van der Waals surface area (Å²) >= 11 is 0. The predicted octanol–water partition coefficient (Wildman–Crippen LogP) is 3.29. The van der Waals surface area contributed by atoms with Crippen molar-refractivity contribution in [1.29, 1.82) is 0 Å². The van der Waals surface area contributed by atoms with Gasteiger partial charge in [0.25, 0.3) is 0 Å². The zero-order valence-corrected chi connectivity index (χ0v) is 17.2. The van der Waals surface area contributed by atoms with Crippen molar-refractivity contribution in [3.8, 4) is 11.5 Å². The highest BCUT2D eigenvalue weighted by atomic mass is 16.5. The number of nitrogens with one attached hydrogen (secondary N) is 2. The van der Waals surface area contributed by atoms with Crippen molar-refractivity contribution in [1.82, 2.24) is 10.6 Å². The number of ether oxygens (including phenoxy) is 2. The summed E-state index contributed by atoms with van der Waals surface area (Å²) in [6.45, 7) is 6.31. The maximum Gasteiger partial charge on any atom is 0.222 e. The molecule has 0 aliphatic carbocycles. The first-order valence-corrected chi connectivity index (χ1v) is 10.00. The molecular formula is C23H28N2O4. The van der Waals surface area contributed by atoms with Gasteiger partial charge < -0.3 is 20.1 Å². The van der Waals surface area contributed by atoms with Crippen LogP contribution in [0, 0.1) is 0 Å². The lowest BCUT2D eigenvalue weighted by Gasteiger charge is -2.18. The SMILES string of the molecule is CCOc1cc2c(cc1CNC(=O)C[C@H](NC(C)=O)c1ccccc1)O[C@@H](C)C2. The van der Waals surface area contributed by atoms with Gasteiger partial charge >= 0.3 is 0 Å². The number of hydrogen-bond acceptors (Lipinski definition) is 4. The van der Waals surface area contributed by atoms with Crippen LogP contribution < -0.4 is 20.1 Å². The van der Waals surface area contributed by atoms with E-state index in [1.54, 1.807) is 0 Å². The van der Waals surface area contributed by atoms with Crippen LogP contribution in [0.3, 0.4) is 0 Å². The van der Waals surface area contributed by atoms with Crippen LogP contribution in [0.5, 0.6) is 11.5 Å². The molecule has 1 aliphatic heterocycles. The number of rotatable bonds is 8. The Balaban J connectivity index is 1.68. The van der Waals surface area contributed by atoms with Gasteiger partial charge in [0, 0.05) is 31.0 Å². The van der Waals surface area contributed by atoms with Crippen molar-refractivity contribution in [2.24, 2.45) is 0 Å². The quantitative estimate of drug-likeness (QED) is 0.718. The molecule has 0 bridgehead atoms. The molecular weight excluding hydrogens is 368 g/mol. The highest BCUT2D eigenvalue weighted by molar-refractivity contribution is 5.79. The monoisotopic (exact) mass is 396 g/mol. The van der Waals surface area contributed by atoms with Gasteiger partial charge in [-0.3, -0.25) is 9.59 Å². The Labute approximate surface area is 171 Å². The van der Waals surface area contributed by atoms with E-state index in [0.29, 0.717) is 13.2 Å². The van der Waals surface area contributed by atoms with Crippen molar-refractivity contribution < 1.29 is 19.1 Å². The average Bonchev–Trinajstić information content (AvgIpc) is 3.05. The normalized spacial score (nSPS) is 15.8. The maximum atomic E-state index is 12.6. The molecule has 2 aromatic rings. The number of carbonyl (C=O) groups excluding carboxylic acids is 2. The largest absolute Gasteiger partial charge is 0.494 e. The van der Waals surface area contributed by atoms with Crippen LogP contribution in [0.2, 0.25) is 0 Å². The lowest BCUT2D eigenvalue weighted by molar-refractivity contribution is -0.122. The van der Waals surface area contributed by atoms with E-state index in [0.717, 1.165) is 34.6 Å². The van der Waals surface area contributed by atoms with Crippen molar-refractivity contribution in [2.45, 2.75) is 52.3 Å². The molecule has 0 aromatic heterocycles. The number of benzene rings is 2. The number of fused-ring (bicyclic) bond motifs is 1. The number of carbonyl (C=O) groups is 2. The second kappa shape index (κ2) is 9.45. The van der Waals surface area contributed by atoms with E-state index >= 15 is 0 Å². The van der Waals surface area contributed by atoms with Gasteiger partial charge in [-0.1, -0.05) is 30.3 Å². The van der Waals surface area contributed by atoms with Gasteiger partial charge in [-0.2, -0.15) is 0 Å². The second-order valence-corrected chi connectivity index (χ2v) is 7.28. The van der Waals surface area contributed by atoms with Gasteiger partial charge in [0.1, 0.15) is 17.6 Å². The third kappa shape index (κ3) is 5.50. The summed E-state index contributed by atoms with van der Waals surface area (Å²) in [6.07, 6.45) is 1.16. The Kier molecular flexibility index (Phi) is 6.75. The number of amides is 2. The van der Waals surface area contributed by atoms with E-state index in [2.05, 4.69) is 10.6 Å². The molecule has 1 heterocycles. The Bertz CT molecular complexity index is 867. The molecule has 0 saturated heterocycles. The Morgan fingerprint density at radius 2 is 2.00 bits per heavy atom. The van der Waals surface area contributed by atoms with Crippen LogP contribution in [0.1, 0.15) is 49.9 Å². The van der Waals surface area contributed by atoms with E-state index < -0.39 is 0 Å². The number of hydrogen-bond donors (Lipinski definition) is 2.